The third kappa shape index (κ3) is 4.14. The minimum atomic E-state index is -0.136. The Labute approximate surface area is 152 Å². The maximum Gasteiger partial charge on any atom is 0.226 e. The lowest BCUT2D eigenvalue weighted by atomic mass is 10.2. The highest BCUT2D eigenvalue weighted by molar-refractivity contribution is 5.95. The summed E-state index contributed by atoms with van der Waals surface area (Å²) in [5, 5.41) is 2.88. The van der Waals surface area contributed by atoms with E-state index in [9.17, 15) is 9.59 Å². The van der Waals surface area contributed by atoms with Crippen molar-refractivity contribution in [1.29, 1.82) is 0 Å². The molecule has 0 aliphatic carbocycles. The van der Waals surface area contributed by atoms with Crippen molar-refractivity contribution in [1.82, 2.24) is 0 Å². The van der Waals surface area contributed by atoms with Gasteiger partial charge in [0.05, 0.1) is 0 Å². The summed E-state index contributed by atoms with van der Waals surface area (Å²) in [6.07, 6.45) is 0.197. The van der Waals surface area contributed by atoms with Gasteiger partial charge in [-0.25, -0.2) is 0 Å². The Bertz CT molecular complexity index is 819. The second kappa shape index (κ2) is 7.91. The molecule has 1 N–H and O–H groups in total. The monoisotopic (exact) mass is 354 g/mol. The highest BCUT2D eigenvalue weighted by Gasteiger charge is 2.18. The van der Waals surface area contributed by atoms with Gasteiger partial charge in [0.15, 0.2) is 11.5 Å². The number of ether oxygens (including phenoxy) is 2. The molecule has 1 aliphatic heterocycles. The standard InChI is InChI=1S/C20H22N2O4/c1-14-5-3-4-6-17(14)21-20(24)9-10-22(15(2)23)16-7-8-18-19(13-16)26-12-11-25-18/h3-8,13H,9-12H2,1-2H3,(H,21,24). The first-order chi connectivity index (χ1) is 12.5. The van der Waals surface area contributed by atoms with Gasteiger partial charge in [0.2, 0.25) is 11.8 Å². The minimum absolute atomic E-state index is 0.134. The van der Waals surface area contributed by atoms with Gasteiger partial charge in [-0.3, -0.25) is 9.59 Å². The van der Waals surface area contributed by atoms with Crippen LogP contribution < -0.4 is 19.7 Å². The molecule has 0 atom stereocenters. The van der Waals surface area contributed by atoms with E-state index in [1.54, 1.807) is 23.1 Å². The summed E-state index contributed by atoms with van der Waals surface area (Å²) in [6.45, 7) is 4.70. The maximum absolute atomic E-state index is 12.3. The molecule has 6 heteroatoms. The van der Waals surface area contributed by atoms with Gasteiger partial charge < -0.3 is 19.7 Å². The van der Waals surface area contributed by atoms with Crippen molar-refractivity contribution >= 4 is 23.2 Å². The van der Waals surface area contributed by atoms with Gasteiger partial charge in [0.1, 0.15) is 13.2 Å². The summed E-state index contributed by atoms with van der Waals surface area (Å²) in [5.74, 6) is 1.01. The highest BCUT2D eigenvalue weighted by atomic mass is 16.6. The molecular weight excluding hydrogens is 332 g/mol. The Kier molecular flexibility index (Phi) is 5.41. The summed E-state index contributed by atoms with van der Waals surface area (Å²) >= 11 is 0. The smallest absolute Gasteiger partial charge is 0.226 e. The zero-order chi connectivity index (χ0) is 18.5. The Balaban J connectivity index is 1.66. The van der Waals surface area contributed by atoms with Crippen molar-refractivity contribution in [3.63, 3.8) is 0 Å². The van der Waals surface area contributed by atoms with E-state index in [4.69, 9.17) is 9.47 Å². The normalized spacial score (nSPS) is 12.4. The molecule has 0 bridgehead atoms. The Morgan fingerprint density at radius 3 is 2.54 bits per heavy atom. The lowest BCUT2D eigenvalue weighted by Crippen LogP contribution is -2.32. The van der Waals surface area contributed by atoms with E-state index >= 15 is 0 Å². The number of aryl methyl sites for hydroxylation is 1. The molecular formula is C20H22N2O4. The number of carbonyl (C=O) groups excluding carboxylic acids is 2. The number of carbonyl (C=O) groups is 2. The number of fused-ring (bicyclic) bond motifs is 1. The van der Waals surface area contributed by atoms with E-state index in [1.165, 1.54) is 6.92 Å². The van der Waals surface area contributed by atoms with Gasteiger partial charge in [-0.05, 0) is 30.7 Å². The topological polar surface area (TPSA) is 67.9 Å². The molecule has 0 fully saturated rings. The van der Waals surface area contributed by atoms with Crippen molar-refractivity contribution in [2.24, 2.45) is 0 Å². The number of rotatable bonds is 5. The van der Waals surface area contributed by atoms with Gasteiger partial charge >= 0.3 is 0 Å². The van der Waals surface area contributed by atoms with Crippen LogP contribution in [0.3, 0.4) is 0 Å². The first-order valence-electron chi connectivity index (χ1n) is 8.58. The quantitative estimate of drug-likeness (QED) is 0.896. The van der Waals surface area contributed by atoms with Crippen LogP contribution in [0.2, 0.25) is 0 Å². The molecule has 0 saturated carbocycles. The summed E-state index contributed by atoms with van der Waals surface area (Å²) in [4.78, 5) is 25.9. The van der Waals surface area contributed by atoms with Crippen LogP contribution in [0.15, 0.2) is 42.5 Å². The lowest BCUT2D eigenvalue weighted by Gasteiger charge is -2.24. The second-order valence-corrected chi connectivity index (χ2v) is 6.11. The van der Waals surface area contributed by atoms with Gasteiger partial charge in [-0.15, -0.1) is 0 Å². The van der Waals surface area contributed by atoms with Crippen molar-refractivity contribution < 1.29 is 19.1 Å². The van der Waals surface area contributed by atoms with Crippen molar-refractivity contribution in [2.45, 2.75) is 20.3 Å². The first kappa shape index (κ1) is 17.8. The third-order valence-electron chi connectivity index (χ3n) is 4.20. The lowest BCUT2D eigenvalue weighted by molar-refractivity contribution is -0.117. The maximum atomic E-state index is 12.3. The van der Waals surface area contributed by atoms with Crippen LogP contribution in [0.5, 0.6) is 11.5 Å². The Morgan fingerprint density at radius 1 is 1.08 bits per heavy atom. The van der Waals surface area contributed by atoms with Crippen LogP contribution in [0.25, 0.3) is 0 Å². The molecule has 6 nitrogen and oxygen atoms in total. The largest absolute Gasteiger partial charge is 0.486 e. The average molecular weight is 354 g/mol. The fraction of sp³-hybridized carbons (Fsp3) is 0.300. The first-order valence-corrected chi connectivity index (χ1v) is 8.58. The van der Waals surface area contributed by atoms with Gasteiger partial charge in [-0.1, -0.05) is 18.2 Å². The van der Waals surface area contributed by atoms with Crippen LogP contribution >= 0.6 is 0 Å². The van der Waals surface area contributed by atoms with Crippen molar-refractivity contribution in [3.05, 3.63) is 48.0 Å². The fourth-order valence-electron chi connectivity index (χ4n) is 2.81. The molecule has 1 heterocycles. The summed E-state index contributed by atoms with van der Waals surface area (Å²) in [7, 11) is 0. The molecule has 0 saturated heterocycles. The Hall–Kier alpha value is -3.02. The SMILES string of the molecule is CC(=O)N(CCC(=O)Nc1ccccc1C)c1ccc2c(c1)OCCO2. The van der Waals surface area contributed by atoms with Crippen LogP contribution in [0.4, 0.5) is 11.4 Å². The summed E-state index contributed by atoms with van der Waals surface area (Å²) in [5.41, 5.74) is 2.47. The molecule has 2 amide bonds. The molecule has 0 spiro atoms. The number of hydrogen-bond donors (Lipinski definition) is 1. The van der Waals surface area contributed by atoms with E-state index in [1.807, 2.05) is 31.2 Å². The summed E-state index contributed by atoms with van der Waals surface area (Å²) in [6, 6.07) is 12.9. The van der Waals surface area contributed by atoms with E-state index in [-0.39, 0.29) is 24.8 Å². The highest BCUT2D eigenvalue weighted by Crippen LogP contribution is 2.34. The molecule has 1 aliphatic rings. The summed E-state index contributed by atoms with van der Waals surface area (Å²) < 4.78 is 11.1. The average Bonchev–Trinajstić information content (AvgIpc) is 2.63. The molecule has 0 unspecified atom stereocenters. The molecule has 3 rings (SSSR count). The number of amides is 2. The van der Waals surface area contributed by atoms with Gasteiger partial charge in [0.25, 0.3) is 0 Å². The number of nitrogens with one attached hydrogen (secondary N) is 1. The van der Waals surface area contributed by atoms with Gasteiger partial charge in [-0.2, -0.15) is 0 Å². The predicted octanol–water partition coefficient (Wildman–Crippen LogP) is 3.15. The number of hydrogen-bond acceptors (Lipinski definition) is 4. The number of para-hydroxylation sites is 1. The van der Waals surface area contributed by atoms with Crippen molar-refractivity contribution in [2.75, 3.05) is 30.0 Å². The number of benzene rings is 2. The van der Waals surface area contributed by atoms with Crippen LogP contribution in [0.1, 0.15) is 18.9 Å². The number of anilines is 2. The third-order valence-corrected chi connectivity index (χ3v) is 4.20. The molecule has 2 aromatic carbocycles. The van der Waals surface area contributed by atoms with Gasteiger partial charge in [0, 0.05) is 37.3 Å². The van der Waals surface area contributed by atoms with Crippen molar-refractivity contribution in [3.8, 4) is 11.5 Å². The molecule has 2 aromatic rings. The molecule has 26 heavy (non-hydrogen) atoms. The van der Waals surface area contributed by atoms with Crippen LogP contribution in [-0.4, -0.2) is 31.6 Å². The predicted molar refractivity (Wildman–Crippen MR) is 99.9 cm³/mol. The molecule has 0 radical (unpaired) electrons. The second-order valence-electron chi connectivity index (χ2n) is 6.11. The van der Waals surface area contributed by atoms with E-state index in [0.29, 0.717) is 30.4 Å². The van der Waals surface area contributed by atoms with E-state index < -0.39 is 0 Å². The van der Waals surface area contributed by atoms with Crippen LogP contribution in [-0.2, 0) is 9.59 Å². The van der Waals surface area contributed by atoms with E-state index in [0.717, 1.165) is 11.3 Å². The van der Waals surface area contributed by atoms with E-state index in [2.05, 4.69) is 5.32 Å². The number of nitrogens with zero attached hydrogens (tertiary/aromatic N) is 1. The fourth-order valence-corrected chi connectivity index (χ4v) is 2.81. The zero-order valence-corrected chi connectivity index (χ0v) is 15.0. The Morgan fingerprint density at radius 2 is 1.81 bits per heavy atom. The molecule has 0 aromatic heterocycles. The zero-order valence-electron chi connectivity index (χ0n) is 15.0. The molecule has 136 valence electrons. The van der Waals surface area contributed by atoms with Crippen LogP contribution in [0, 0.1) is 6.92 Å². The minimum Gasteiger partial charge on any atom is -0.486 e.